The highest BCUT2D eigenvalue weighted by molar-refractivity contribution is 6.07. The molecule has 0 saturated carbocycles. The monoisotopic (exact) mass is 359 g/mol. The molecular formula is C24H22FNO. The van der Waals surface area contributed by atoms with Gasteiger partial charge in [-0.25, -0.2) is 4.39 Å². The third-order valence-corrected chi connectivity index (χ3v) is 5.36. The first-order chi connectivity index (χ1) is 13.1. The van der Waals surface area contributed by atoms with Gasteiger partial charge in [-0.3, -0.25) is 4.79 Å². The number of amides is 1. The summed E-state index contributed by atoms with van der Waals surface area (Å²) in [6, 6.07) is 22.7. The molecule has 0 spiro atoms. The van der Waals surface area contributed by atoms with E-state index in [4.69, 9.17) is 0 Å². The molecular weight excluding hydrogens is 337 g/mol. The van der Waals surface area contributed by atoms with Gasteiger partial charge in [0.2, 0.25) is 0 Å². The standard InChI is InChI=1S/C24H22FNO/c1-16-12-13-23-21(14-16)20(18-8-4-3-5-9-18)15-17(2)26(23)24(27)19-10-6-7-11-22(19)25/h3-14,17,20H,15H2,1-2H3/t17-,20-/m0/s1. The number of hydrogen-bond donors (Lipinski definition) is 0. The molecule has 0 N–H and O–H groups in total. The van der Waals surface area contributed by atoms with Crippen molar-refractivity contribution >= 4 is 11.6 Å². The predicted octanol–water partition coefficient (Wildman–Crippen LogP) is 5.71. The van der Waals surface area contributed by atoms with E-state index in [-0.39, 0.29) is 23.4 Å². The maximum absolute atomic E-state index is 14.3. The van der Waals surface area contributed by atoms with Crippen LogP contribution < -0.4 is 4.90 Å². The first kappa shape index (κ1) is 17.5. The maximum Gasteiger partial charge on any atom is 0.261 e. The van der Waals surface area contributed by atoms with Gasteiger partial charge in [0.15, 0.2) is 0 Å². The van der Waals surface area contributed by atoms with E-state index in [1.807, 2.05) is 37.3 Å². The summed E-state index contributed by atoms with van der Waals surface area (Å²) in [6.07, 6.45) is 0.806. The zero-order valence-electron chi connectivity index (χ0n) is 15.5. The van der Waals surface area contributed by atoms with Crippen LogP contribution in [-0.2, 0) is 0 Å². The van der Waals surface area contributed by atoms with E-state index < -0.39 is 5.82 Å². The molecule has 136 valence electrons. The highest BCUT2D eigenvalue weighted by atomic mass is 19.1. The van der Waals surface area contributed by atoms with E-state index in [2.05, 4.69) is 25.1 Å². The van der Waals surface area contributed by atoms with Gasteiger partial charge in [-0.15, -0.1) is 0 Å². The number of hydrogen-bond acceptors (Lipinski definition) is 1. The molecule has 0 aromatic heterocycles. The zero-order chi connectivity index (χ0) is 19.0. The summed E-state index contributed by atoms with van der Waals surface area (Å²) in [6.45, 7) is 4.10. The molecule has 3 heteroatoms. The first-order valence-electron chi connectivity index (χ1n) is 9.30. The van der Waals surface area contributed by atoms with E-state index in [0.717, 1.165) is 23.2 Å². The lowest BCUT2D eigenvalue weighted by molar-refractivity contribution is 0.0970. The number of benzene rings is 3. The van der Waals surface area contributed by atoms with Crippen molar-refractivity contribution in [1.29, 1.82) is 0 Å². The van der Waals surface area contributed by atoms with Crippen molar-refractivity contribution in [2.75, 3.05) is 4.90 Å². The van der Waals surface area contributed by atoms with E-state index in [9.17, 15) is 9.18 Å². The van der Waals surface area contributed by atoms with Gasteiger partial charge in [-0.2, -0.15) is 0 Å². The topological polar surface area (TPSA) is 20.3 Å². The van der Waals surface area contributed by atoms with Gasteiger partial charge in [-0.1, -0.05) is 60.2 Å². The molecule has 1 heterocycles. The second-order valence-corrected chi connectivity index (χ2v) is 7.27. The van der Waals surface area contributed by atoms with Gasteiger partial charge in [0.05, 0.1) is 5.56 Å². The Balaban J connectivity index is 1.83. The van der Waals surface area contributed by atoms with Crippen LogP contribution in [0.15, 0.2) is 72.8 Å². The first-order valence-corrected chi connectivity index (χ1v) is 9.30. The predicted molar refractivity (Wildman–Crippen MR) is 107 cm³/mol. The fourth-order valence-electron chi connectivity index (χ4n) is 4.06. The average molecular weight is 359 g/mol. The Kier molecular flexibility index (Phi) is 4.53. The maximum atomic E-state index is 14.3. The normalized spacial score (nSPS) is 18.9. The quantitative estimate of drug-likeness (QED) is 0.574. The molecule has 0 radical (unpaired) electrons. The second kappa shape index (κ2) is 6.99. The van der Waals surface area contributed by atoms with Crippen LogP contribution in [0.25, 0.3) is 0 Å². The molecule has 0 unspecified atom stereocenters. The number of anilines is 1. The van der Waals surface area contributed by atoms with Crippen molar-refractivity contribution in [3.63, 3.8) is 0 Å². The smallest absolute Gasteiger partial charge is 0.261 e. The number of halogens is 1. The number of carbonyl (C=O) groups excluding carboxylic acids is 1. The Morgan fingerprint density at radius 2 is 1.70 bits per heavy atom. The minimum Gasteiger partial charge on any atom is -0.305 e. The lowest BCUT2D eigenvalue weighted by Crippen LogP contribution is -2.43. The summed E-state index contributed by atoms with van der Waals surface area (Å²) in [5.41, 5.74) is 4.52. The molecule has 1 aliphatic rings. The van der Waals surface area contributed by atoms with Crippen LogP contribution in [0.4, 0.5) is 10.1 Å². The van der Waals surface area contributed by atoms with E-state index in [0.29, 0.717) is 0 Å². The average Bonchev–Trinajstić information content (AvgIpc) is 2.68. The molecule has 0 aliphatic carbocycles. The lowest BCUT2D eigenvalue weighted by Gasteiger charge is -2.40. The van der Waals surface area contributed by atoms with Crippen molar-refractivity contribution in [3.8, 4) is 0 Å². The van der Waals surface area contributed by atoms with Crippen LogP contribution in [0.1, 0.15) is 46.3 Å². The van der Waals surface area contributed by atoms with Crippen molar-refractivity contribution in [2.24, 2.45) is 0 Å². The summed E-state index contributed by atoms with van der Waals surface area (Å²) < 4.78 is 14.3. The van der Waals surface area contributed by atoms with Crippen molar-refractivity contribution < 1.29 is 9.18 Å². The Bertz CT molecular complexity index is 983. The highest BCUT2D eigenvalue weighted by Crippen LogP contribution is 2.43. The fourth-order valence-corrected chi connectivity index (χ4v) is 4.06. The van der Waals surface area contributed by atoms with Gasteiger partial charge >= 0.3 is 0 Å². The van der Waals surface area contributed by atoms with Gasteiger partial charge in [-0.05, 0) is 49.6 Å². The molecule has 3 aromatic rings. The minimum atomic E-state index is -0.478. The van der Waals surface area contributed by atoms with Crippen molar-refractivity contribution in [2.45, 2.75) is 32.2 Å². The summed E-state index contributed by atoms with van der Waals surface area (Å²) >= 11 is 0. The molecule has 1 amide bonds. The lowest BCUT2D eigenvalue weighted by atomic mass is 9.80. The number of aryl methyl sites for hydroxylation is 1. The van der Waals surface area contributed by atoms with Gasteiger partial charge in [0, 0.05) is 17.6 Å². The van der Waals surface area contributed by atoms with Crippen LogP contribution in [0.5, 0.6) is 0 Å². The van der Waals surface area contributed by atoms with E-state index in [1.165, 1.54) is 11.6 Å². The number of nitrogens with zero attached hydrogens (tertiary/aromatic N) is 1. The highest BCUT2D eigenvalue weighted by Gasteiger charge is 2.35. The molecule has 1 aliphatic heterocycles. The summed E-state index contributed by atoms with van der Waals surface area (Å²) in [4.78, 5) is 15.0. The molecule has 2 atom stereocenters. The Hall–Kier alpha value is -2.94. The Morgan fingerprint density at radius 3 is 2.44 bits per heavy atom. The zero-order valence-corrected chi connectivity index (χ0v) is 15.5. The summed E-state index contributed by atoms with van der Waals surface area (Å²) in [7, 11) is 0. The third kappa shape index (κ3) is 3.14. The largest absolute Gasteiger partial charge is 0.305 e. The second-order valence-electron chi connectivity index (χ2n) is 7.27. The number of rotatable bonds is 2. The molecule has 0 bridgehead atoms. The SMILES string of the molecule is Cc1ccc2c(c1)[C@H](c1ccccc1)C[C@H](C)N2C(=O)c1ccccc1F. The van der Waals surface area contributed by atoms with E-state index >= 15 is 0 Å². The third-order valence-electron chi connectivity index (χ3n) is 5.36. The Morgan fingerprint density at radius 1 is 1.00 bits per heavy atom. The minimum absolute atomic E-state index is 0.0301. The summed E-state index contributed by atoms with van der Waals surface area (Å²) in [5.74, 6) is -0.536. The molecule has 3 aromatic carbocycles. The molecule has 27 heavy (non-hydrogen) atoms. The van der Waals surface area contributed by atoms with Crippen LogP contribution in [0, 0.1) is 12.7 Å². The van der Waals surface area contributed by atoms with E-state index in [1.54, 1.807) is 23.1 Å². The van der Waals surface area contributed by atoms with Crippen molar-refractivity contribution in [3.05, 3.63) is 101 Å². The van der Waals surface area contributed by atoms with Crippen LogP contribution in [-0.4, -0.2) is 11.9 Å². The number of carbonyl (C=O) groups is 1. The van der Waals surface area contributed by atoms with Gasteiger partial charge < -0.3 is 4.90 Å². The van der Waals surface area contributed by atoms with Gasteiger partial charge in [0.1, 0.15) is 5.82 Å². The molecule has 4 rings (SSSR count). The summed E-state index contributed by atoms with van der Waals surface area (Å²) in [5, 5.41) is 0. The fraction of sp³-hybridized carbons (Fsp3) is 0.208. The Labute approximate surface area is 159 Å². The van der Waals surface area contributed by atoms with Crippen molar-refractivity contribution in [1.82, 2.24) is 0 Å². The molecule has 0 saturated heterocycles. The van der Waals surface area contributed by atoms with Crippen LogP contribution in [0.3, 0.4) is 0 Å². The molecule has 0 fully saturated rings. The van der Waals surface area contributed by atoms with Crippen LogP contribution >= 0.6 is 0 Å². The van der Waals surface area contributed by atoms with Crippen LogP contribution in [0.2, 0.25) is 0 Å². The number of fused-ring (bicyclic) bond motifs is 1. The molecule has 2 nitrogen and oxygen atoms in total. The van der Waals surface area contributed by atoms with Gasteiger partial charge in [0.25, 0.3) is 5.91 Å².